The molecule has 0 radical (unpaired) electrons. The molecule has 0 saturated carbocycles. The number of hydrogen-bond donors (Lipinski definition) is 3. The van der Waals surface area contributed by atoms with Crippen molar-refractivity contribution >= 4 is 41.5 Å². The summed E-state index contributed by atoms with van der Waals surface area (Å²) in [5, 5.41) is 6.95. The number of anilines is 1. The van der Waals surface area contributed by atoms with Gasteiger partial charge in [-0.25, -0.2) is 14.5 Å². The molecule has 40 heavy (non-hydrogen) atoms. The quantitative estimate of drug-likeness (QED) is 0.152. The van der Waals surface area contributed by atoms with Crippen LogP contribution in [0.25, 0.3) is 21.9 Å². The average molecular weight is 569 g/mol. The maximum absolute atomic E-state index is 14.1. The number of ether oxygens (including phenoxy) is 1. The fourth-order valence-corrected chi connectivity index (χ4v) is 6.00. The van der Waals surface area contributed by atoms with E-state index in [0.29, 0.717) is 23.6 Å². The van der Waals surface area contributed by atoms with Crippen molar-refractivity contribution in [1.29, 1.82) is 0 Å². The number of benzene rings is 2. The van der Waals surface area contributed by atoms with Crippen LogP contribution in [0.3, 0.4) is 0 Å². The van der Waals surface area contributed by atoms with E-state index in [-0.39, 0.29) is 12.6 Å². The number of nitrogens with one attached hydrogen (secondary N) is 2. The highest BCUT2D eigenvalue weighted by Crippen LogP contribution is 2.46. The lowest BCUT2D eigenvalue weighted by Crippen LogP contribution is -2.37. The summed E-state index contributed by atoms with van der Waals surface area (Å²) in [6.07, 6.45) is -0.964. The number of nitrogens with two attached hydrogens (primary N) is 1. The number of carbonyl (C=O) groups is 1. The molecule has 0 amide bonds. The van der Waals surface area contributed by atoms with Gasteiger partial charge in [-0.1, -0.05) is 43.3 Å². The van der Waals surface area contributed by atoms with Gasteiger partial charge in [0.1, 0.15) is 23.1 Å². The Morgan fingerprint density at radius 1 is 1.05 bits per heavy atom. The molecule has 0 aliphatic rings. The van der Waals surface area contributed by atoms with E-state index in [0.717, 1.165) is 28.8 Å². The smallest absolute Gasteiger partial charge is 0.459 e. The molecule has 0 aliphatic heterocycles. The number of esters is 1. The Morgan fingerprint density at radius 2 is 1.75 bits per heavy atom. The van der Waals surface area contributed by atoms with Crippen molar-refractivity contribution in [3.63, 3.8) is 0 Å². The van der Waals surface area contributed by atoms with Crippen LogP contribution in [0.15, 0.2) is 54.6 Å². The lowest BCUT2D eigenvalue weighted by molar-refractivity contribution is -0.149. The molecule has 3 atom stereocenters. The van der Waals surface area contributed by atoms with Crippen molar-refractivity contribution in [3.05, 3.63) is 60.4 Å². The number of nitrogen functional groups attached to an aromatic ring is 1. The Morgan fingerprint density at radius 3 is 2.45 bits per heavy atom. The van der Waals surface area contributed by atoms with Crippen molar-refractivity contribution in [2.24, 2.45) is 0 Å². The van der Waals surface area contributed by atoms with Crippen LogP contribution in [0.5, 0.6) is 5.75 Å². The zero-order chi connectivity index (χ0) is 28.9. The second-order valence-electron chi connectivity index (χ2n) is 9.78. The first-order valence-electron chi connectivity index (χ1n) is 13.4. The largest absolute Gasteiger partial charge is 0.462 e. The second-order valence-corrected chi connectivity index (χ2v) is 11.4. The minimum absolute atomic E-state index is 0.277. The molecule has 2 aromatic carbocycles. The Bertz CT molecular complexity index is 1510. The fourth-order valence-electron chi connectivity index (χ4n) is 4.32. The van der Waals surface area contributed by atoms with Crippen LogP contribution in [0.1, 0.15) is 40.4 Å². The minimum Gasteiger partial charge on any atom is -0.462 e. The number of pyridine rings is 1. The highest BCUT2D eigenvalue weighted by Gasteiger charge is 2.35. The molecular weight excluding hydrogens is 531 g/mol. The third kappa shape index (κ3) is 6.98. The zero-order valence-electron chi connectivity index (χ0n) is 23.5. The molecule has 11 nitrogen and oxygen atoms in total. The van der Waals surface area contributed by atoms with Gasteiger partial charge in [0, 0.05) is 5.39 Å². The number of nitrogens with zero attached hydrogens (tertiary/aromatic N) is 3. The Balaban J connectivity index is 1.68. The summed E-state index contributed by atoms with van der Waals surface area (Å²) in [6.45, 7) is 10.4. The van der Waals surface area contributed by atoms with E-state index in [4.69, 9.17) is 24.5 Å². The molecule has 4 N–H and O–H groups in total. The van der Waals surface area contributed by atoms with Gasteiger partial charge in [-0.15, -0.1) is 0 Å². The van der Waals surface area contributed by atoms with E-state index in [1.54, 1.807) is 52.0 Å². The SMILES string of the molecule is CCNCc1nc2c(N)nc3ccccc3c2n1C[C@H](C)O[P@@](=O)(N[C@@H](C)C(=O)OC(C)C)Oc1ccccc1. The molecule has 0 spiro atoms. The van der Waals surface area contributed by atoms with E-state index in [1.165, 1.54) is 0 Å². The molecule has 4 rings (SSSR count). The van der Waals surface area contributed by atoms with Crippen molar-refractivity contribution in [1.82, 2.24) is 24.9 Å². The maximum Gasteiger partial charge on any atom is 0.459 e. The average Bonchev–Trinajstić information content (AvgIpc) is 3.26. The van der Waals surface area contributed by atoms with E-state index in [2.05, 4.69) is 15.4 Å². The van der Waals surface area contributed by atoms with E-state index >= 15 is 0 Å². The third-order valence-corrected chi connectivity index (χ3v) is 7.80. The fraction of sp³-hybridized carbons (Fsp3) is 0.393. The van der Waals surface area contributed by atoms with Crippen LogP contribution in [0, 0.1) is 0 Å². The molecule has 2 heterocycles. The molecule has 0 fully saturated rings. The van der Waals surface area contributed by atoms with Crippen molar-refractivity contribution in [2.45, 2.75) is 66.0 Å². The summed E-state index contributed by atoms with van der Waals surface area (Å²) in [6, 6.07) is 15.4. The molecule has 214 valence electrons. The van der Waals surface area contributed by atoms with Gasteiger partial charge in [-0.2, -0.15) is 5.09 Å². The van der Waals surface area contributed by atoms with Crippen molar-refractivity contribution in [2.75, 3.05) is 12.3 Å². The summed E-state index contributed by atoms with van der Waals surface area (Å²) in [5.41, 5.74) is 8.46. The standard InChI is InChI=1S/C28H37N6O5P/c1-6-30-16-24-32-25-26(22-14-10-11-15-23(22)31-27(25)29)34(24)17-19(4)38-40(36,39-21-12-8-7-9-13-21)33-20(5)28(35)37-18(2)3/h7-15,18-20,30H,6,16-17H2,1-5H3,(H2,29,31)(H,33,36)/t19-,20-,40-/m0/s1. The van der Waals surface area contributed by atoms with E-state index in [9.17, 15) is 9.36 Å². The number of rotatable bonds is 13. The molecule has 0 unspecified atom stereocenters. The van der Waals surface area contributed by atoms with Gasteiger partial charge in [-0.3, -0.25) is 9.32 Å². The Hall–Kier alpha value is -3.50. The first kappa shape index (κ1) is 29.5. The molecule has 2 aromatic heterocycles. The molecule has 0 bridgehead atoms. The second kappa shape index (κ2) is 12.8. The van der Waals surface area contributed by atoms with Gasteiger partial charge in [0.2, 0.25) is 0 Å². The van der Waals surface area contributed by atoms with Crippen LogP contribution in [-0.4, -0.2) is 45.3 Å². The first-order chi connectivity index (χ1) is 19.1. The van der Waals surface area contributed by atoms with Crippen LogP contribution >= 0.6 is 7.75 Å². The van der Waals surface area contributed by atoms with Gasteiger partial charge in [0.05, 0.1) is 36.3 Å². The van der Waals surface area contributed by atoms with Gasteiger partial charge in [0.25, 0.3) is 0 Å². The first-order valence-corrected chi connectivity index (χ1v) is 14.9. The van der Waals surface area contributed by atoms with Crippen LogP contribution in [0.2, 0.25) is 0 Å². The zero-order valence-corrected chi connectivity index (χ0v) is 24.4. The van der Waals surface area contributed by atoms with Crippen molar-refractivity contribution < 1.29 is 23.1 Å². The van der Waals surface area contributed by atoms with Crippen LogP contribution in [0.4, 0.5) is 5.82 Å². The summed E-state index contributed by atoms with van der Waals surface area (Å²) in [4.78, 5) is 21.8. The molecule has 0 aliphatic carbocycles. The van der Waals surface area contributed by atoms with Gasteiger partial charge in [0.15, 0.2) is 5.82 Å². The van der Waals surface area contributed by atoms with E-state index in [1.807, 2.05) is 41.8 Å². The predicted molar refractivity (Wildman–Crippen MR) is 156 cm³/mol. The molecule has 4 aromatic rings. The predicted octanol–water partition coefficient (Wildman–Crippen LogP) is 4.80. The summed E-state index contributed by atoms with van der Waals surface area (Å²) in [7, 11) is -4.06. The normalized spacial score (nSPS) is 14.8. The Kier molecular flexibility index (Phi) is 9.42. The van der Waals surface area contributed by atoms with Gasteiger partial charge >= 0.3 is 13.7 Å². The molecular formula is C28H37N6O5P. The summed E-state index contributed by atoms with van der Waals surface area (Å²) < 4.78 is 33.3. The Labute approximate surface area is 234 Å². The van der Waals surface area contributed by atoms with Crippen LogP contribution in [-0.2, 0) is 31.7 Å². The molecule has 0 saturated heterocycles. The van der Waals surface area contributed by atoms with Gasteiger partial charge in [-0.05, 0) is 52.4 Å². The number of carbonyl (C=O) groups excluding carboxylic acids is 1. The lowest BCUT2D eigenvalue weighted by atomic mass is 10.2. The number of aromatic nitrogens is 3. The van der Waals surface area contributed by atoms with Crippen molar-refractivity contribution in [3.8, 4) is 5.75 Å². The minimum atomic E-state index is -4.06. The third-order valence-electron chi connectivity index (χ3n) is 6.01. The molecule has 12 heteroatoms. The van der Waals surface area contributed by atoms with Crippen LogP contribution < -0.4 is 20.7 Å². The lowest BCUT2D eigenvalue weighted by Gasteiger charge is -2.26. The monoisotopic (exact) mass is 568 g/mol. The number of imidazole rings is 1. The summed E-state index contributed by atoms with van der Waals surface area (Å²) in [5.74, 6) is 0.834. The van der Waals surface area contributed by atoms with E-state index < -0.39 is 25.9 Å². The maximum atomic E-state index is 14.1. The van der Waals surface area contributed by atoms with Gasteiger partial charge < -0.3 is 24.9 Å². The number of fused-ring (bicyclic) bond motifs is 3. The topological polar surface area (TPSA) is 143 Å². The highest BCUT2D eigenvalue weighted by molar-refractivity contribution is 7.52. The highest BCUT2D eigenvalue weighted by atomic mass is 31.2. The number of para-hydroxylation sites is 2. The number of hydrogen-bond acceptors (Lipinski definition) is 9. The summed E-state index contributed by atoms with van der Waals surface area (Å²) >= 11 is 0.